The second kappa shape index (κ2) is 15.2. The van der Waals surface area contributed by atoms with Crippen molar-refractivity contribution in [3.63, 3.8) is 0 Å². The fraction of sp³-hybridized carbons (Fsp3) is 0.324. The molecule has 15 heteroatoms. The van der Waals surface area contributed by atoms with Gasteiger partial charge in [-0.3, -0.25) is 4.79 Å². The summed E-state index contributed by atoms with van der Waals surface area (Å²) < 4.78 is 23.3. The maximum Gasteiger partial charge on any atom is 0.350 e. The lowest BCUT2D eigenvalue weighted by Gasteiger charge is -2.29. The van der Waals surface area contributed by atoms with Gasteiger partial charge in [-0.25, -0.2) is 23.7 Å². The van der Waals surface area contributed by atoms with Crippen LogP contribution in [0.5, 0.6) is 5.75 Å². The molecule has 256 valence electrons. The van der Waals surface area contributed by atoms with E-state index in [2.05, 4.69) is 20.5 Å². The van der Waals surface area contributed by atoms with Crippen molar-refractivity contribution in [1.82, 2.24) is 29.1 Å². The van der Waals surface area contributed by atoms with Gasteiger partial charge in [-0.1, -0.05) is 36.2 Å². The zero-order chi connectivity index (χ0) is 34.4. The molecule has 1 saturated heterocycles. The topological polar surface area (TPSA) is 131 Å². The number of ether oxygens (including phenoxy) is 3. The number of anilines is 2. The summed E-state index contributed by atoms with van der Waals surface area (Å²) in [6.07, 6.45) is 5.76. The van der Waals surface area contributed by atoms with Gasteiger partial charge in [0, 0.05) is 35.1 Å². The maximum atomic E-state index is 12.7. The molecule has 49 heavy (non-hydrogen) atoms. The first-order valence-electron chi connectivity index (χ1n) is 15.8. The van der Waals surface area contributed by atoms with Crippen molar-refractivity contribution >= 4 is 41.0 Å². The van der Waals surface area contributed by atoms with E-state index >= 15 is 0 Å². The van der Waals surface area contributed by atoms with Gasteiger partial charge in [-0.2, -0.15) is 10.2 Å². The predicted molar refractivity (Wildman–Crippen MR) is 186 cm³/mol. The van der Waals surface area contributed by atoms with Crippen molar-refractivity contribution in [1.29, 1.82) is 0 Å². The first kappa shape index (κ1) is 34.2. The van der Waals surface area contributed by atoms with Gasteiger partial charge < -0.3 is 24.4 Å². The summed E-state index contributed by atoms with van der Waals surface area (Å²) in [5, 5.41) is 12.7. The molecule has 3 heterocycles. The maximum absolute atomic E-state index is 12.7. The Balaban J connectivity index is 1.00. The monoisotopic (exact) mass is 706 g/mol. The second-order valence-electron chi connectivity index (χ2n) is 11.6. The minimum absolute atomic E-state index is 0.0106. The molecule has 0 radical (unpaired) electrons. The van der Waals surface area contributed by atoms with Gasteiger partial charge in [0.1, 0.15) is 44.0 Å². The van der Waals surface area contributed by atoms with Crippen LogP contribution in [0.1, 0.15) is 31.9 Å². The molecular weight excluding hydrogens is 671 g/mol. The Bertz CT molecular complexity index is 1900. The van der Waals surface area contributed by atoms with E-state index in [4.69, 9.17) is 37.4 Å². The first-order chi connectivity index (χ1) is 23.8. The molecule has 1 fully saturated rings. The normalized spacial score (nSPS) is 17.9. The quantitative estimate of drug-likeness (QED) is 0.144. The fourth-order valence-electron chi connectivity index (χ4n) is 5.48. The van der Waals surface area contributed by atoms with Crippen LogP contribution in [0.25, 0.3) is 5.69 Å². The second-order valence-corrected chi connectivity index (χ2v) is 12.4. The molecule has 1 aliphatic rings. The van der Waals surface area contributed by atoms with Gasteiger partial charge in [0.05, 0.1) is 23.4 Å². The third-order valence-corrected chi connectivity index (χ3v) is 8.85. The zero-order valence-corrected chi connectivity index (χ0v) is 28.5. The molecule has 0 bridgehead atoms. The number of halogens is 2. The summed E-state index contributed by atoms with van der Waals surface area (Å²) in [7, 11) is 0. The summed E-state index contributed by atoms with van der Waals surface area (Å²) in [5.74, 6) is -0.526. The van der Waals surface area contributed by atoms with E-state index in [9.17, 15) is 9.59 Å². The summed E-state index contributed by atoms with van der Waals surface area (Å²) in [5.41, 5.74) is 2.71. The molecule has 0 spiro atoms. The van der Waals surface area contributed by atoms with E-state index in [-0.39, 0.29) is 37.6 Å². The van der Waals surface area contributed by atoms with E-state index in [1.54, 1.807) is 46.2 Å². The summed E-state index contributed by atoms with van der Waals surface area (Å²) in [6, 6.07) is 19.9. The van der Waals surface area contributed by atoms with Crippen molar-refractivity contribution in [3.05, 3.63) is 112 Å². The van der Waals surface area contributed by atoms with Gasteiger partial charge in [-0.15, -0.1) is 0 Å². The fourth-order valence-corrected chi connectivity index (χ4v) is 6.03. The number of nitrogens with zero attached hydrogens (tertiary/aromatic N) is 7. The van der Waals surface area contributed by atoms with Crippen LogP contribution in [-0.4, -0.2) is 67.9 Å². The molecule has 6 rings (SSSR count). The molecule has 3 atom stereocenters. The molecule has 1 aliphatic heterocycles. The van der Waals surface area contributed by atoms with E-state index in [0.717, 1.165) is 18.5 Å². The number of carbonyl (C=O) groups is 1. The Labute approximate surface area is 292 Å². The molecule has 1 N–H and O–H groups in total. The van der Waals surface area contributed by atoms with Gasteiger partial charge in [0.15, 0.2) is 0 Å². The minimum atomic E-state index is -1.19. The average molecular weight is 708 g/mol. The highest BCUT2D eigenvalue weighted by molar-refractivity contribution is 6.35. The van der Waals surface area contributed by atoms with E-state index < -0.39 is 5.79 Å². The van der Waals surface area contributed by atoms with Gasteiger partial charge in [-0.05, 0) is 74.0 Å². The SMILES string of the molecule is CCC(C)n1ncn(-c2ccc(N(C=O)CCNc3ccc(OCC4COC(Cn5cncn5)(c5ccc(Cl)cc5Cl)O4)cc3)cc2)c1=O. The lowest BCUT2D eigenvalue weighted by Crippen LogP contribution is -2.35. The molecule has 5 aromatic rings. The van der Waals surface area contributed by atoms with Gasteiger partial charge in [0.25, 0.3) is 0 Å². The third kappa shape index (κ3) is 7.81. The van der Waals surface area contributed by atoms with Crippen LogP contribution in [-0.2, 0) is 26.6 Å². The highest BCUT2D eigenvalue weighted by Crippen LogP contribution is 2.40. The molecule has 2 aromatic heterocycles. The number of nitrogens with one attached hydrogen (secondary N) is 1. The van der Waals surface area contributed by atoms with Gasteiger partial charge >= 0.3 is 5.69 Å². The summed E-state index contributed by atoms with van der Waals surface area (Å²) in [4.78, 5) is 30.3. The first-order valence-corrected chi connectivity index (χ1v) is 16.6. The standard InChI is InChI=1S/C34H36Cl2N8O5/c1-3-24(2)44-33(46)43(22-40-44)28-9-7-27(8-10-28)41(23-45)15-14-38-26-5-11-29(12-6-26)47-17-30-18-48-34(49-30,19-42-21-37-20-39-42)31-13-4-25(35)16-32(31)36/h4-13,16,20-24,30,38H,3,14-15,17-19H2,1-2H3. The molecular formula is C34H36Cl2N8O5. The lowest BCUT2D eigenvalue weighted by molar-refractivity contribution is -0.190. The van der Waals surface area contributed by atoms with Crippen LogP contribution in [0.3, 0.4) is 0 Å². The Hall–Kier alpha value is -4.69. The highest BCUT2D eigenvalue weighted by Gasteiger charge is 2.45. The van der Waals surface area contributed by atoms with E-state index in [1.165, 1.54) is 21.9 Å². The van der Waals surface area contributed by atoms with Crippen LogP contribution in [0.4, 0.5) is 11.4 Å². The largest absolute Gasteiger partial charge is 0.491 e. The summed E-state index contributed by atoms with van der Waals surface area (Å²) >= 11 is 12.7. The van der Waals surface area contributed by atoms with Gasteiger partial charge in [0.2, 0.25) is 12.2 Å². The van der Waals surface area contributed by atoms with Crippen molar-refractivity contribution < 1.29 is 19.0 Å². The number of hydrogen-bond donors (Lipinski definition) is 1. The van der Waals surface area contributed by atoms with E-state index in [1.807, 2.05) is 50.2 Å². The van der Waals surface area contributed by atoms with E-state index in [0.29, 0.717) is 45.8 Å². The van der Waals surface area contributed by atoms with Crippen LogP contribution in [0, 0.1) is 0 Å². The Morgan fingerprint density at radius 1 is 1.10 bits per heavy atom. The number of aromatic nitrogens is 6. The molecule has 13 nitrogen and oxygen atoms in total. The van der Waals surface area contributed by atoms with Crippen molar-refractivity contribution in [2.45, 2.75) is 44.7 Å². The molecule has 1 amide bonds. The highest BCUT2D eigenvalue weighted by atomic mass is 35.5. The zero-order valence-electron chi connectivity index (χ0n) is 27.0. The lowest BCUT2D eigenvalue weighted by atomic mass is 10.1. The number of benzene rings is 3. The Morgan fingerprint density at radius 3 is 2.59 bits per heavy atom. The number of carbonyl (C=O) groups excluding carboxylic acids is 1. The third-order valence-electron chi connectivity index (χ3n) is 8.30. The Morgan fingerprint density at radius 2 is 1.90 bits per heavy atom. The average Bonchev–Trinajstić information content (AvgIpc) is 3.87. The van der Waals surface area contributed by atoms with Crippen molar-refractivity contribution in [3.8, 4) is 11.4 Å². The molecule has 0 saturated carbocycles. The molecule has 3 aromatic carbocycles. The van der Waals surface area contributed by atoms with Crippen molar-refractivity contribution in [2.24, 2.45) is 0 Å². The van der Waals surface area contributed by atoms with Crippen LogP contribution in [0.15, 0.2) is 90.5 Å². The van der Waals surface area contributed by atoms with Crippen LogP contribution in [0.2, 0.25) is 10.0 Å². The smallest absolute Gasteiger partial charge is 0.350 e. The van der Waals surface area contributed by atoms with Crippen LogP contribution < -0.4 is 20.6 Å². The van der Waals surface area contributed by atoms with Crippen LogP contribution >= 0.6 is 23.2 Å². The summed E-state index contributed by atoms with van der Waals surface area (Å²) in [6.45, 7) is 5.68. The Kier molecular flexibility index (Phi) is 10.6. The number of rotatable bonds is 15. The number of hydrogen-bond acceptors (Lipinski definition) is 9. The predicted octanol–water partition coefficient (Wildman–Crippen LogP) is 5.33. The number of amides is 1. The minimum Gasteiger partial charge on any atom is -0.491 e. The molecule has 0 aliphatic carbocycles. The molecule has 3 unspecified atom stereocenters. The van der Waals surface area contributed by atoms with Crippen molar-refractivity contribution in [2.75, 3.05) is 36.5 Å².